The minimum absolute atomic E-state index is 0.174. The predicted octanol–water partition coefficient (Wildman–Crippen LogP) is 0.574. The van der Waals surface area contributed by atoms with Crippen molar-refractivity contribution in [2.45, 2.75) is 6.92 Å². The van der Waals surface area contributed by atoms with Gasteiger partial charge in [0.1, 0.15) is 10.7 Å². The Morgan fingerprint density at radius 2 is 2.29 bits per heavy atom. The van der Waals surface area contributed by atoms with E-state index in [0.717, 1.165) is 18.2 Å². The van der Waals surface area contributed by atoms with E-state index in [9.17, 15) is 4.79 Å². The maximum absolute atomic E-state index is 12.2. The van der Waals surface area contributed by atoms with Crippen molar-refractivity contribution in [3.63, 3.8) is 0 Å². The van der Waals surface area contributed by atoms with Crippen LogP contribution in [0.25, 0.3) is 0 Å². The molecule has 1 amide bonds. The van der Waals surface area contributed by atoms with Crippen LogP contribution < -0.4 is 16.0 Å². The molecule has 0 bridgehead atoms. The second kappa shape index (κ2) is 7.58. The zero-order valence-corrected chi connectivity index (χ0v) is 13.2. The number of nitrogen functional groups attached to an aromatic ring is 1. The van der Waals surface area contributed by atoms with Gasteiger partial charge in [-0.15, -0.1) is 0 Å². The first kappa shape index (κ1) is 16.0. The number of aromatic nitrogens is 1. The largest absolute Gasteiger partial charge is 0.384 e. The molecule has 0 saturated carbocycles. The Balaban J connectivity index is 1.96. The van der Waals surface area contributed by atoms with E-state index in [4.69, 9.17) is 15.2 Å². The van der Waals surface area contributed by atoms with Crippen LogP contribution in [0.5, 0.6) is 0 Å². The molecule has 2 rings (SSSR count). The van der Waals surface area contributed by atoms with E-state index in [0.29, 0.717) is 37.1 Å². The number of nitrogens with zero attached hydrogens (tertiary/aromatic N) is 2. The van der Waals surface area contributed by atoms with Crippen LogP contribution in [0.15, 0.2) is 0 Å². The van der Waals surface area contributed by atoms with E-state index in [-0.39, 0.29) is 11.8 Å². The molecule has 3 N–H and O–H groups in total. The molecule has 0 aliphatic carbocycles. The predicted molar refractivity (Wildman–Crippen MR) is 82.9 cm³/mol. The number of nitrogens with one attached hydrogen (secondary N) is 1. The van der Waals surface area contributed by atoms with E-state index in [2.05, 4.69) is 15.2 Å². The molecule has 1 aromatic heterocycles. The zero-order chi connectivity index (χ0) is 15.2. The van der Waals surface area contributed by atoms with Gasteiger partial charge in [-0.05, 0) is 5.92 Å². The highest BCUT2D eigenvalue weighted by Crippen LogP contribution is 2.28. The zero-order valence-electron chi connectivity index (χ0n) is 12.4. The van der Waals surface area contributed by atoms with Gasteiger partial charge >= 0.3 is 0 Å². The third-order valence-electron chi connectivity index (χ3n) is 3.19. The highest BCUT2D eigenvalue weighted by molar-refractivity contribution is 7.18. The maximum Gasteiger partial charge on any atom is 0.265 e. The molecule has 1 saturated heterocycles. The Morgan fingerprint density at radius 1 is 1.57 bits per heavy atom. The van der Waals surface area contributed by atoms with Gasteiger partial charge in [0.05, 0.1) is 19.8 Å². The van der Waals surface area contributed by atoms with Crippen molar-refractivity contribution < 1.29 is 14.3 Å². The van der Waals surface area contributed by atoms with Crippen molar-refractivity contribution in [3.8, 4) is 0 Å². The average molecular weight is 314 g/mol. The number of hydrogen-bond donors (Lipinski definition) is 2. The number of rotatable bonds is 6. The maximum atomic E-state index is 12.2. The monoisotopic (exact) mass is 314 g/mol. The summed E-state index contributed by atoms with van der Waals surface area (Å²) in [6, 6.07) is 0. The second-order valence-electron chi connectivity index (χ2n) is 5.08. The van der Waals surface area contributed by atoms with Crippen LogP contribution in [0.3, 0.4) is 0 Å². The van der Waals surface area contributed by atoms with Gasteiger partial charge in [-0.3, -0.25) is 4.79 Å². The molecule has 1 aromatic rings. The topological polar surface area (TPSA) is 89.7 Å². The minimum atomic E-state index is -0.174. The number of hydrogen-bond acceptors (Lipinski definition) is 7. The Hall–Kier alpha value is -1.38. The average Bonchev–Trinajstić information content (AvgIpc) is 2.88. The van der Waals surface area contributed by atoms with Gasteiger partial charge in [-0.25, -0.2) is 4.98 Å². The molecule has 1 fully saturated rings. The lowest BCUT2D eigenvalue weighted by Crippen LogP contribution is -2.36. The fourth-order valence-corrected chi connectivity index (χ4v) is 3.02. The molecule has 1 atom stereocenters. The molecule has 2 heterocycles. The number of thiazole rings is 1. The second-order valence-corrected chi connectivity index (χ2v) is 6.06. The first-order valence-electron chi connectivity index (χ1n) is 6.98. The normalized spacial score (nSPS) is 16.8. The first-order chi connectivity index (χ1) is 10.1. The van der Waals surface area contributed by atoms with Crippen LogP contribution in [0.2, 0.25) is 0 Å². The number of ether oxygens (including phenoxy) is 2. The minimum Gasteiger partial charge on any atom is -0.384 e. The van der Waals surface area contributed by atoms with Crippen molar-refractivity contribution in [2.24, 2.45) is 5.92 Å². The van der Waals surface area contributed by atoms with Crippen molar-refractivity contribution >= 4 is 28.2 Å². The van der Waals surface area contributed by atoms with Gasteiger partial charge in [0, 0.05) is 26.7 Å². The van der Waals surface area contributed by atoms with E-state index in [1.165, 1.54) is 11.3 Å². The van der Waals surface area contributed by atoms with Crippen LogP contribution in [-0.2, 0) is 9.47 Å². The third-order valence-corrected chi connectivity index (χ3v) is 4.32. The SMILES string of the molecule is COCC(C)CNC(=O)c1sc(N2CCOCC2)nc1N. The van der Waals surface area contributed by atoms with Gasteiger partial charge < -0.3 is 25.4 Å². The fraction of sp³-hybridized carbons (Fsp3) is 0.692. The van der Waals surface area contributed by atoms with Gasteiger partial charge in [0.25, 0.3) is 5.91 Å². The Kier molecular flexibility index (Phi) is 5.77. The summed E-state index contributed by atoms with van der Waals surface area (Å²) in [4.78, 5) is 19.0. The fourth-order valence-electron chi connectivity index (χ4n) is 2.06. The van der Waals surface area contributed by atoms with Crippen molar-refractivity contribution in [1.29, 1.82) is 0 Å². The molecule has 0 radical (unpaired) electrons. The van der Waals surface area contributed by atoms with E-state index in [1.807, 2.05) is 6.92 Å². The smallest absolute Gasteiger partial charge is 0.265 e. The lowest BCUT2D eigenvalue weighted by Gasteiger charge is -2.25. The number of carbonyl (C=O) groups excluding carboxylic acids is 1. The molecule has 21 heavy (non-hydrogen) atoms. The van der Waals surface area contributed by atoms with E-state index in [1.54, 1.807) is 7.11 Å². The molecule has 1 unspecified atom stereocenters. The molecule has 8 heteroatoms. The Bertz CT molecular complexity index is 474. The van der Waals surface area contributed by atoms with Crippen molar-refractivity contribution in [2.75, 3.05) is 57.2 Å². The molecule has 0 aromatic carbocycles. The van der Waals surface area contributed by atoms with Crippen LogP contribution in [-0.4, -0.2) is 57.5 Å². The summed E-state index contributed by atoms with van der Waals surface area (Å²) >= 11 is 1.33. The standard InChI is InChI=1S/C13H22N4O3S/c1-9(8-19-2)7-15-12(18)10-11(14)16-13(21-10)17-3-5-20-6-4-17/h9H,3-8,14H2,1-2H3,(H,15,18). The van der Waals surface area contributed by atoms with Gasteiger partial charge in [-0.1, -0.05) is 18.3 Å². The summed E-state index contributed by atoms with van der Waals surface area (Å²) in [5, 5.41) is 3.65. The Labute approximate surface area is 128 Å². The summed E-state index contributed by atoms with van der Waals surface area (Å²) < 4.78 is 10.4. The van der Waals surface area contributed by atoms with Crippen LogP contribution in [0, 0.1) is 5.92 Å². The highest BCUT2D eigenvalue weighted by atomic mass is 32.1. The summed E-state index contributed by atoms with van der Waals surface area (Å²) in [6.45, 7) is 6.08. The van der Waals surface area contributed by atoms with E-state index >= 15 is 0 Å². The molecule has 0 spiro atoms. The third kappa shape index (κ3) is 4.29. The number of morpholine rings is 1. The van der Waals surface area contributed by atoms with Crippen LogP contribution >= 0.6 is 11.3 Å². The number of carbonyl (C=O) groups is 1. The molecule has 118 valence electrons. The summed E-state index contributed by atoms with van der Waals surface area (Å²) in [6.07, 6.45) is 0. The number of methoxy groups -OCH3 is 1. The summed E-state index contributed by atoms with van der Waals surface area (Å²) in [5.41, 5.74) is 5.87. The number of amides is 1. The first-order valence-corrected chi connectivity index (χ1v) is 7.79. The van der Waals surface area contributed by atoms with E-state index < -0.39 is 0 Å². The number of anilines is 2. The van der Waals surface area contributed by atoms with Crippen molar-refractivity contribution in [3.05, 3.63) is 4.88 Å². The molecular weight excluding hydrogens is 292 g/mol. The number of nitrogens with two attached hydrogens (primary N) is 1. The lowest BCUT2D eigenvalue weighted by molar-refractivity contribution is 0.0938. The van der Waals surface area contributed by atoms with Crippen molar-refractivity contribution in [1.82, 2.24) is 10.3 Å². The van der Waals surface area contributed by atoms with Gasteiger partial charge in [0.2, 0.25) is 0 Å². The molecular formula is C13H22N4O3S. The quantitative estimate of drug-likeness (QED) is 0.798. The summed E-state index contributed by atoms with van der Waals surface area (Å²) in [5.74, 6) is 0.373. The Morgan fingerprint density at radius 3 is 2.95 bits per heavy atom. The van der Waals surface area contributed by atoms with Crippen LogP contribution in [0.4, 0.5) is 10.9 Å². The van der Waals surface area contributed by atoms with Gasteiger partial charge in [0.15, 0.2) is 5.13 Å². The van der Waals surface area contributed by atoms with Crippen LogP contribution in [0.1, 0.15) is 16.6 Å². The van der Waals surface area contributed by atoms with Gasteiger partial charge in [-0.2, -0.15) is 0 Å². The highest BCUT2D eigenvalue weighted by Gasteiger charge is 2.21. The lowest BCUT2D eigenvalue weighted by atomic mass is 10.2. The molecule has 7 nitrogen and oxygen atoms in total. The molecule has 1 aliphatic rings. The molecule has 1 aliphatic heterocycles. The summed E-state index contributed by atoms with van der Waals surface area (Å²) in [7, 11) is 1.65.